The second-order valence-electron chi connectivity index (χ2n) is 13.9. The molecule has 0 saturated carbocycles. The summed E-state index contributed by atoms with van der Waals surface area (Å²) in [6.07, 6.45) is 14.5. The summed E-state index contributed by atoms with van der Waals surface area (Å²) in [4.78, 5) is 2.55. The van der Waals surface area contributed by atoms with Crippen molar-refractivity contribution in [3.8, 4) is 39.1 Å². The molecule has 0 radical (unpaired) electrons. The lowest BCUT2D eigenvalue weighted by Crippen LogP contribution is -2.26. The molecule has 1 heterocycles. The van der Waals surface area contributed by atoms with Crippen LogP contribution in [-0.4, -0.2) is 11.1 Å². The third kappa shape index (κ3) is 7.08. The zero-order valence-corrected chi connectivity index (χ0v) is 31.1. The van der Waals surface area contributed by atoms with Crippen molar-refractivity contribution in [3.05, 3.63) is 169 Å². The number of hydrogen-bond donors (Lipinski definition) is 0. The molecule has 262 valence electrons. The van der Waals surface area contributed by atoms with Crippen molar-refractivity contribution in [1.82, 2.24) is 4.57 Å². The lowest BCUT2D eigenvalue weighted by Gasteiger charge is -2.33. The van der Waals surface area contributed by atoms with Crippen molar-refractivity contribution < 1.29 is 0 Å². The molecule has 2 nitrogen and oxygen atoms in total. The van der Waals surface area contributed by atoms with Gasteiger partial charge in [-0.05, 0) is 145 Å². The Balaban J connectivity index is 0.00000207. The highest BCUT2D eigenvalue weighted by atomic mass is 15.1. The molecule has 5 aromatic carbocycles. The largest absolute Gasteiger partial charge is 0.341 e. The maximum absolute atomic E-state index is 4.24. The molecule has 0 saturated heterocycles. The zero-order valence-electron chi connectivity index (χ0n) is 31.1. The third-order valence-electron chi connectivity index (χ3n) is 10.7. The minimum atomic E-state index is 0.767. The Kier molecular flexibility index (Phi) is 11.0. The van der Waals surface area contributed by atoms with Gasteiger partial charge in [-0.1, -0.05) is 105 Å². The highest BCUT2D eigenvalue weighted by Gasteiger charge is 2.24. The van der Waals surface area contributed by atoms with Crippen molar-refractivity contribution in [2.24, 2.45) is 0 Å². The molecule has 0 fully saturated rings. The number of para-hydroxylation sites is 1. The number of aryl methyl sites for hydroxylation is 1. The molecule has 0 spiro atoms. The molecule has 52 heavy (non-hydrogen) atoms. The fourth-order valence-corrected chi connectivity index (χ4v) is 8.40. The highest BCUT2D eigenvalue weighted by molar-refractivity contribution is 5.89. The molecular weight excluding hydrogens is 629 g/mol. The Hall–Kier alpha value is -5.34. The Morgan fingerprint density at radius 1 is 0.577 bits per heavy atom. The van der Waals surface area contributed by atoms with Gasteiger partial charge in [-0.2, -0.15) is 0 Å². The molecule has 0 bridgehead atoms. The van der Waals surface area contributed by atoms with E-state index in [-0.39, 0.29) is 0 Å². The number of allylic oxidation sites excluding steroid dienone is 3. The number of hydrogen-bond acceptors (Lipinski definition) is 1. The second kappa shape index (κ2) is 16.3. The first kappa shape index (κ1) is 35.1. The molecule has 0 N–H and O–H groups in total. The molecule has 2 aliphatic carbocycles. The van der Waals surface area contributed by atoms with Crippen molar-refractivity contribution in [3.63, 3.8) is 0 Å². The molecule has 2 aliphatic rings. The monoisotopic (exact) mass is 680 g/mol. The normalized spacial score (nSPS) is 14.0. The molecule has 8 rings (SSSR count). The molecule has 0 atom stereocenters. The first-order valence-electron chi connectivity index (χ1n) is 19.4. The minimum absolute atomic E-state index is 0.767. The summed E-state index contributed by atoms with van der Waals surface area (Å²) in [5, 5.41) is 1.40. The van der Waals surface area contributed by atoms with Crippen LogP contribution in [0, 0.1) is 0 Å². The van der Waals surface area contributed by atoms with E-state index < -0.39 is 0 Å². The smallest absolute Gasteiger partial charge is 0.0534 e. The fourth-order valence-electron chi connectivity index (χ4n) is 8.40. The molecule has 1 aromatic heterocycles. The summed E-state index contributed by atoms with van der Waals surface area (Å²) < 4.78 is 2.59. The Morgan fingerprint density at radius 3 is 1.83 bits per heavy atom. The van der Waals surface area contributed by atoms with Crippen molar-refractivity contribution in [1.29, 1.82) is 0 Å². The van der Waals surface area contributed by atoms with Gasteiger partial charge in [-0.25, -0.2) is 0 Å². The maximum Gasteiger partial charge on any atom is 0.0534 e. The summed E-state index contributed by atoms with van der Waals surface area (Å²) in [6, 6.07) is 45.1. The van der Waals surface area contributed by atoms with Crippen molar-refractivity contribution in [2.75, 3.05) is 11.4 Å². The standard InChI is InChI=1S/C48H46N2.C2H6/c1-3-17-37-22-11-14-25-46(37)49(28-4-2)42-32-41(33-43(34-42)50-47-26-15-12-23-44(47)45-24-13-16-27-48(45)50)40-30-38(35-18-7-5-8-19-35)29-39(31-40)36-20-9-6-10-21-36;1-2/h3-10,12,15,18-21,23,26,29-34H,1-2,11,13-14,16-17,22,24-25,27-28H2;1-2H3. The van der Waals surface area contributed by atoms with Crippen LogP contribution in [0.5, 0.6) is 0 Å². The van der Waals surface area contributed by atoms with Gasteiger partial charge in [0.1, 0.15) is 0 Å². The molecule has 0 aliphatic heterocycles. The molecule has 2 heteroatoms. The first-order chi connectivity index (χ1) is 25.7. The quantitative estimate of drug-likeness (QED) is 0.131. The number of benzene rings is 5. The number of rotatable bonds is 10. The van der Waals surface area contributed by atoms with Gasteiger partial charge in [-0.3, -0.25) is 0 Å². The number of anilines is 1. The maximum atomic E-state index is 4.24. The van der Waals surface area contributed by atoms with E-state index in [1.165, 1.54) is 104 Å². The lowest BCUT2D eigenvalue weighted by molar-refractivity contribution is 0.643. The average molecular weight is 681 g/mol. The van der Waals surface area contributed by atoms with Crippen LogP contribution in [0.4, 0.5) is 5.69 Å². The van der Waals surface area contributed by atoms with E-state index in [4.69, 9.17) is 0 Å². The van der Waals surface area contributed by atoms with Gasteiger partial charge in [0.25, 0.3) is 0 Å². The van der Waals surface area contributed by atoms with Crippen LogP contribution >= 0.6 is 0 Å². The number of aromatic nitrogens is 1. The van der Waals surface area contributed by atoms with Crippen LogP contribution < -0.4 is 4.90 Å². The van der Waals surface area contributed by atoms with Crippen LogP contribution in [-0.2, 0) is 12.8 Å². The minimum Gasteiger partial charge on any atom is -0.341 e. The zero-order chi connectivity index (χ0) is 35.9. The van der Waals surface area contributed by atoms with Crippen LogP contribution in [0.1, 0.15) is 70.1 Å². The van der Waals surface area contributed by atoms with Crippen LogP contribution in [0.2, 0.25) is 0 Å². The second-order valence-corrected chi connectivity index (χ2v) is 13.9. The summed E-state index contributed by atoms with van der Waals surface area (Å²) in [7, 11) is 0. The molecule has 0 amide bonds. The van der Waals surface area contributed by atoms with E-state index in [0.29, 0.717) is 0 Å². The lowest BCUT2D eigenvalue weighted by atomic mass is 9.91. The summed E-state index contributed by atoms with van der Waals surface area (Å²) in [5.74, 6) is 0. The van der Waals surface area contributed by atoms with Crippen molar-refractivity contribution >= 4 is 16.6 Å². The SMILES string of the molecule is C=CCC1=C(N(CC=C)c2cc(-c3cc(-c4ccccc4)cc(-c4ccccc4)c3)cc(-n3c4c(c5ccccc53)CCCC4)c2)CCCC1.CC. The fraction of sp³-hybridized carbons (Fsp3) is 0.240. The van der Waals surface area contributed by atoms with Crippen LogP contribution in [0.15, 0.2) is 158 Å². The number of fused-ring (bicyclic) bond motifs is 3. The average Bonchev–Trinajstić information content (AvgIpc) is 3.56. The van der Waals surface area contributed by atoms with E-state index in [1.807, 2.05) is 13.8 Å². The van der Waals surface area contributed by atoms with Gasteiger partial charge in [0.05, 0.1) is 5.52 Å². The van der Waals surface area contributed by atoms with E-state index in [1.54, 1.807) is 0 Å². The van der Waals surface area contributed by atoms with Crippen LogP contribution in [0.3, 0.4) is 0 Å². The first-order valence-corrected chi connectivity index (χ1v) is 19.4. The Morgan fingerprint density at radius 2 is 1.15 bits per heavy atom. The highest BCUT2D eigenvalue weighted by Crippen LogP contribution is 2.41. The van der Waals surface area contributed by atoms with E-state index in [2.05, 4.69) is 156 Å². The van der Waals surface area contributed by atoms with Gasteiger partial charge < -0.3 is 9.47 Å². The van der Waals surface area contributed by atoms with E-state index in [0.717, 1.165) is 38.6 Å². The van der Waals surface area contributed by atoms with E-state index in [9.17, 15) is 0 Å². The Labute approximate surface area is 311 Å². The van der Waals surface area contributed by atoms with Gasteiger partial charge in [-0.15, -0.1) is 13.2 Å². The molecule has 0 unspecified atom stereocenters. The number of nitrogens with zero attached hydrogens (tertiary/aromatic N) is 2. The van der Waals surface area contributed by atoms with Gasteiger partial charge in [0.2, 0.25) is 0 Å². The molecule has 6 aromatic rings. The predicted octanol–water partition coefficient (Wildman–Crippen LogP) is 13.9. The Bertz CT molecular complexity index is 2140. The summed E-state index contributed by atoms with van der Waals surface area (Å²) >= 11 is 0. The van der Waals surface area contributed by atoms with Gasteiger partial charge in [0.15, 0.2) is 0 Å². The molecular formula is C50H52N2. The van der Waals surface area contributed by atoms with E-state index >= 15 is 0 Å². The van der Waals surface area contributed by atoms with Gasteiger partial charge >= 0.3 is 0 Å². The van der Waals surface area contributed by atoms with Crippen molar-refractivity contribution in [2.45, 2.75) is 71.6 Å². The van der Waals surface area contributed by atoms with Gasteiger partial charge in [0, 0.05) is 34.7 Å². The summed E-state index contributed by atoms with van der Waals surface area (Å²) in [6.45, 7) is 13.1. The summed E-state index contributed by atoms with van der Waals surface area (Å²) in [5.41, 5.74) is 17.1. The van der Waals surface area contributed by atoms with Crippen LogP contribution in [0.25, 0.3) is 50.0 Å². The predicted molar refractivity (Wildman–Crippen MR) is 225 cm³/mol. The topological polar surface area (TPSA) is 8.17 Å². The third-order valence-corrected chi connectivity index (χ3v) is 10.7.